The molecule has 6 heteroatoms. The molecule has 0 bridgehead atoms. The fourth-order valence-electron chi connectivity index (χ4n) is 1.56. The molecule has 0 fully saturated rings. The molecule has 1 aromatic rings. The molecule has 6 nitrogen and oxygen atoms in total. The molecule has 0 radical (unpaired) electrons. The Balaban J connectivity index is 2.65. The number of hydrogen-bond acceptors (Lipinski definition) is 5. The first-order chi connectivity index (χ1) is 9.58. The van der Waals surface area contributed by atoms with Crippen molar-refractivity contribution >= 4 is 23.3 Å². The molecule has 0 aliphatic carbocycles. The van der Waals surface area contributed by atoms with Gasteiger partial charge < -0.3 is 21.1 Å². The second-order valence-electron chi connectivity index (χ2n) is 4.23. The highest BCUT2D eigenvalue weighted by Crippen LogP contribution is 2.18. The molecule has 1 aromatic carbocycles. The molecular formula is C14H21N3O3. The maximum Gasteiger partial charge on any atom is 0.340 e. The van der Waals surface area contributed by atoms with Crippen LogP contribution in [0.3, 0.4) is 0 Å². The van der Waals surface area contributed by atoms with E-state index < -0.39 is 5.97 Å². The summed E-state index contributed by atoms with van der Waals surface area (Å²) in [5, 5.41) is 5.70. The minimum absolute atomic E-state index is 0.0960. The van der Waals surface area contributed by atoms with Crippen LogP contribution in [-0.2, 0) is 9.53 Å². The highest BCUT2D eigenvalue weighted by atomic mass is 16.5. The van der Waals surface area contributed by atoms with E-state index >= 15 is 0 Å². The molecular weight excluding hydrogens is 258 g/mol. The van der Waals surface area contributed by atoms with Crippen LogP contribution in [0.4, 0.5) is 11.4 Å². The van der Waals surface area contributed by atoms with E-state index in [1.165, 1.54) is 0 Å². The van der Waals surface area contributed by atoms with E-state index in [1.807, 2.05) is 6.92 Å². The van der Waals surface area contributed by atoms with Crippen LogP contribution in [-0.4, -0.2) is 31.6 Å². The summed E-state index contributed by atoms with van der Waals surface area (Å²) in [5.41, 5.74) is 7.03. The fraction of sp³-hybridized carbons (Fsp3) is 0.429. The molecule has 0 unspecified atom stereocenters. The molecule has 0 saturated heterocycles. The lowest BCUT2D eigenvalue weighted by Crippen LogP contribution is -2.30. The third-order valence-corrected chi connectivity index (χ3v) is 2.57. The van der Waals surface area contributed by atoms with Gasteiger partial charge in [-0.05, 0) is 31.5 Å². The summed E-state index contributed by atoms with van der Waals surface area (Å²) in [6.45, 7) is 4.80. The van der Waals surface area contributed by atoms with Crippen LogP contribution in [0, 0.1) is 0 Å². The minimum Gasteiger partial charge on any atom is -0.462 e. The third kappa shape index (κ3) is 4.79. The summed E-state index contributed by atoms with van der Waals surface area (Å²) in [6, 6.07) is 4.91. The number of nitrogen functional groups attached to an aromatic ring is 1. The van der Waals surface area contributed by atoms with Crippen molar-refractivity contribution < 1.29 is 14.3 Å². The molecule has 4 N–H and O–H groups in total. The van der Waals surface area contributed by atoms with Crippen molar-refractivity contribution in [3.05, 3.63) is 23.8 Å². The van der Waals surface area contributed by atoms with Crippen molar-refractivity contribution in [1.29, 1.82) is 0 Å². The van der Waals surface area contributed by atoms with Crippen LogP contribution >= 0.6 is 0 Å². The van der Waals surface area contributed by atoms with Gasteiger partial charge in [-0.15, -0.1) is 0 Å². The highest BCUT2D eigenvalue weighted by molar-refractivity contribution is 5.96. The Morgan fingerprint density at radius 2 is 2.05 bits per heavy atom. The normalized spacial score (nSPS) is 9.90. The Morgan fingerprint density at radius 3 is 2.70 bits per heavy atom. The summed E-state index contributed by atoms with van der Waals surface area (Å²) in [7, 11) is 0. The Hall–Kier alpha value is -2.24. The second kappa shape index (κ2) is 8.04. The van der Waals surface area contributed by atoms with E-state index in [0.717, 1.165) is 6.42 Å². The first-order valence-corrected chi connectivity index (χ1v) is 6.65. The third-order valence-electron chi connectivity index (χ3n) is 2.57. The number of benzene rings is 1. The van der Waals surface area contributed by atoms with Crippen LogP contribution in [0.1, 0.15) is 30.6 Å². The number of rotatable bonds is 7. The summed E-state index contributed by atoms with van der Waals surface area (Å²) < 4.78 is 4.92. The largest absolute Gasteiger partial charge is 0.462 e. The van der Waals surface area contributed by atoms with Gasteiger partial charge in [-0.25, -0.2) is 4.79 Å². The summed E-state index contributed by atoms with van der Waals surface area (Å²) >= 11 is 0. The van der Waals surface area contributed by atoms with Gasteiger partial charge in [0, 0.05) is 17.9 Å². The van der Waals surface area contributed by atoms with E-state index in [9.17, 15) is 9.59 Å². The smallest absolute Gasteiger partial charge is 0.340 e. The number of amides is 1. The highest BCUT2D eigenvalue weighted by Gasteiger charge is 2.11. The standard InChI is InChI=1S/C14H21N3O3/c1-3-7-16-13(18)9-17-10-5-6-12(15)11(8-10)14(19)20-4-2/h5-6,8,17H,3-4,7,9,15H2,1-2H3,(H,16,18). The Kier molecular flexibility index (Phi) is 6.36. The van der Waals surface area contributed by atoms with Gasteiger partial charge in [0.15, 0.2) is 0 Å². The second-order valence-corrected chi connectivity index (χ2v) is 4.23. The van der Waals surface area contributed by atoms with Crippen LogP contribution in [0.15, 0.2) is 18.2 Å². The zero-order valence-corrected chi connectivity index (χ0v) is 11.9. The predicted molar refractivity (Wildman–Crippen MR) is 78.6 cm³/mol. The van der Waals surface area contributed by atoms with E-state index in [-0.39, 0.29) is 19.1 Å². The van der Waals surface area contributed by atoms with Gasteiger partial charge in [-0.1, -0.05) is 6.92 Å². The van der Waals surface area contributed by atoms with Gasteiger partial charge in [0.1, 0.15) is 0 Å². The van der Waals surface area contributed by atoms with E-state index in [1.54, 1.807) is 25.1 Å². The predicted octanol–water partition coefficient (Wildman–Crippen LogP) is 1.38. The molecule has 0 atom stereocenters. The molecule has 0 aliphatic rings. The molecule has 20 heavy (non-hydrogen) atoms. The van der Waals surface area contributed by atoms with Gasteiger partial charge >= 0.3 is 5.97 Å². The maximum absolute atomic E-state index is 11.7. The number of nitrogens with two attached hydrogens (primary N) is 1. The number of esters is 1. The average Bonchev–Trinajstić information content (AvgIpc) is 2.44. The zero-order valence-electron chi connectivity index (χ0n) is 11.9. The van der Waals surface area contributed by atoms with Crippen molar-refractivity contribution in [2.45, 2.75) is 20.3 Å². The topological polar surface area (TPSA) is 93.5 Å². The molecule has 0 saturated carbocycles. The molecule has 1 amide bonds. The van der Waals surface area contributed by atoms with Gasteiger partial charge in [0.05, 0.1) is 18.7 Å². The van der Waals surface area contributed by atoms with Crippen molar-refractivity contribution in [2.24, 2.45) is 0 Å². The van der Waals surface area contributed by atoms with E-state index in [0.29, 0.717) is 23.5 Å². The first kappa shape index (κ1) is 15.8. The van der Waals surface area contributed by atoms with Crippen molar-refractivity contribution in [1.82, 2.24) is 5.32 Å². The Labute approximate surface area is 118 Å². The Bertz CT molecular complexity index is 475. The minimum atomic E-state index is -0.468. The van der Waals surface area contributed by atoms with Crippen molar-refractivity contribution in [2.75, 3.05) is 30.7 Å². The number of carbonyl (C=O) groups excluding carboxylic acids is 2. The average molecular weight is 279 g/mol. The van der Waals surface area contributed by atoms with Crippen molar-refractivity contribution in [3.63, 3.8) is 0 Å². The number of ether oxygens (including phenoxy) is 1. The monoisotopic (exact) mass is 279 g/mol. The zero-order chi connectivity index (χ0) is 15.0. The summed E-state index contributed by atoms with van der Waals surface area (Å²) in [4.78, 5) is 23.2. The molecule has 0 aliphatic heterocycles. The van der Waals surface area contributed by atoms with Gasteiger partial charge in [-0.3, -0.25) is 4.79 Å². The quantitative estimate of drug-likeness (QED) is 0.518. The van der Waals surface area contributed by atoms with E-state index in [4.69, 9.17) is 10.5 Å². The maximum atomic E-state index is 11.7. The molecule has 0 spiro atoms. The van der Waals surface area contributed by atoms with Crippen LogP contribution in [0.5, 0.6) is 0 Å². The summed E-state index contributed by atoms with van der Waals surface area (Å²) in [6.07, 6.45) is 0.890. The SMILES string of the molecule is CCCNC(=O)CNc1ccc(N)c(C(=O)OCC)c1. The van der Waals surface area contributed by atoms with Crippen LogP contribution < -0.4 is 16.4 Å². The van der Waals surface area contributed by atoms with Gasteiger partial charge in [0.25, 0.3) is 0 Å². The number of anilines is 2. The number of hydrogen-bond donors (Lipinski definition) is 3. The fourth-order valence-corrected chi connectivity index (χ4v) is 1.56. The lowest BCUT2D eigenvalue weighted by molar-refractivity contribution is -0.119. The van der Waals surface area contributed by atoms with Gasteiger partial charge in [-0.2, -0.15) is 0 Å². The lowest BCUT2D eigenvalue weighted by Gasteiger charge is -2.10. The molecule has 0 heterocycles. The Morgan fingerprint density at radius 1 is 1.30 bits per heavy atom. The lowest BCUT2D eigenvalue weighted by atomic mass is 10.1. The molecule has 110 valence electrons. The van der Waals surface area contributed by atoms with Crippen LogP contribution in [0.2, 0.25) is 0 Å². The first-order valence-electron chi connectivity index (χ1n) is 6.65. The van der Waals surface area contributed by atoms with Gasteiger partial charge in [0.2, 0.25) is 5.91 Å². The van der Waals surface area contributed by atoms with Crippen LogP contribution in [0.25, 0.3) is 0 Å². The number of carbonyl (C=O) groups is 2. The number of nitrogens with one attached hydrogen (secondary N) is 2. The summed E-state index contributed by atoms with van der Waals surface area (Å²) in [5.74, 6) is -0.564. The van der Waals surface area contributed by atoms with E-state index in [2.05, 4.69) is 10.6 Å². The molecule has 0 aromatic heterocycles. The van der Waals surface area contributed by atoms with Crippen molar-refractivity contribution in [3.8, 4) is 0 Å². The molecule has 1 rings (SSSR count).